The van der Waals surface area contributed by atoms with Crippen molar-refractivity contribution in [2.24, 2.45) is 11.8 Å². The molecule has 0 amide bonds. The van der Waals surface area contributed by atoms with Gasteiger partial charge in [-0.2, -0.15) is 0 Å². The van der Waals surface area contributed by atoms with Crippen molar-refractivity contribution in [1.82, 2.24) is 9.97 Å². The van der Waals surface area contributed by atoms with Crippen LogP contribution in [0.4, 0.5) is 5.82 Å². The Labute approximate surface area is 131 Å². The summed E-state index contributed by atoms with van der Waals surface area (Å²) in [6, 6.07) is 2.58. The Morgan fingerprint density at radius 2 is 1.85 bits per heavy atom. The van der Waals surface area contributed by atoms with E-state index in [-0.39, 0.29) is 5.41 Å². The first-order valence-corrected chi connectivity index (χ1v) is 8.29. The van der Waals surface area contributed by atoms with Crippen molar-refractivity contribution in [3.8, 4) is 0 Å². The van der Waals surface area contributed by atoms with Crippen LogP contribution in [0.25, 0.3) is 0 Å². The molecule has 0 aliphatic carbocycles. The third-order valence-electron chi connectivity index (χ3n) is 4.24. The molecular weight excluding hydrogens is 314 g/mol. The van der Waals surface area contributed by atoms with Gasteiger partial charge in [-0.25, -0.2) is 9.97 Å². The zero-order valence-corrected chi connectivity index (χ0v) is 15.0. The first-order valence-electron chi connectivity index (χ1n) is 7.50. The van der Waals surface area contributed by atoms with Crippen molar-refractivity contribution in [2.45, 2.75) is 59.4 Å². The molecule has 1 aromatic rings. The molecule has 3 nitrogen and oxygen atoms in total. The molecule has 0 aromatic carbocycles. The summed E-state index contributed by atoms with van der Waals surface area (Å²) in [7, 11) is 0. The SMILES string of the molecule is CC1CC(C)C(C)N(c2cc(Br)nc(C(C)(C)C)n2)C1. The van der Waals surface area contributed by atoms with Crippen LogP contribution in [0.3, 0.4) is 0 Å². The second kappa shape index (κ2) is 5.63. The number of piperidine rings is 1. The Kier molecular flexibility index (Phi) is 4.43. The highest BCUT2D eigenvalue weighted by atomic mass is 79.9. The minimum atomic E-state index is -0.0329. The van der Waals surface area contributed by atoms with Gasteiger partial charge >= 0.3 is 0 Å². The van der Waals surface area contributed by atoms with Crippen LogP contribution in [0.1, 0.15) is 53.8 Å². The number of hydrogen-bond acceptors (Lipinski definition) is 3. The highest BCUT2D eigenvalue weighted by molar-refractivity contribution is 9.10. The molecule has 3 atom stereocenters. The Morgan fingerprint density at radius 1 is 1.20 bits per heavy atom. The summed E-state index contributed by atoms with van der Waals surface area (Å²) >= 11 is 3.54. The quantitative estimate of drug-likeness (QED) is 0.709. The zero-order chi connectivity index (χ0) is 15.1. The average Bonchev–Trinajstić information content (AvgIpc) is 2.32. The van der Waals surface area contributed by atoms with Crippen LogP contribution in [-0.4, -0.2) is 22.6 Å². The van der Waals surface area contributed by atoms with Crippen molar-refractivity contribution in [2.75, 3.05) is 11.4 Å². The topological polar surface area (TPSA) is 29.0 Å². The first-order chi connectivity index (χ1) is 9.18. The maximum absolute atomic E-state index is 4.83. The number of halogens is 1. The lowest BCUT2D eigenvalue weighted by molar-refractivity contribution is 0.295. The lowest BCUT2D eigenvalue weighted by Gasteiger charge is -2.42. The summed E-state index contributed by atoms with van der Waals surface area (Å²) < 4.78 is 0.880. The fourth-order valence-electron chi connectivity index (χ4n) is 2.91. The van der Waals surface area contributed by atoms with Crippen LogP contribution >= 0.6 is 15.9 Å². The van der Waals surface area contributed by atoms with Gasteiger partial charge in [0.2, 0.25) is 0 Å². The van der Waals surface area contributed by atoms with Gasteiger partial charge in [0.15, 0.2) is 0 Å². The zero-order valence-electron chi connectivity index (χ0n) is 13.4. The van der Waals surface area contributed by atoms with Crippen molar-refractivity contribution in [3.63, 3.8) is 0 Å². The van der Waals surface area contributed by atoms with Gasteiger partial charge in [0.1, 0.15) is 16.2 Å². The summed E-state index contributed by atoms with van der Waals surface area (Å²) in [6.45, 7) is 14.5. The van der Waals surface area contributed by atoms with Crippen molar-refractivity contribution in [3.05, 3.63) is 16.5 Å². The largest absolute Gasteiger partial charge is 0.353 e. The Balaban J connectivity index is 2.39. The normalized spacial score (nSPS) is 27.8. The second-order valence-corrected chi connectivity index (χ2v) is 8.15. The van der Waals surface area contributed by atoms with Crippen LogP contribution in [-0.2, 0) is 5.41 Å². The van der Waals surface area contributed by atoms with Crippen LogP contribution in [0.2, 0.25) is 0 Å². The summed E-state index contributed by atoms with van der Waals surface area (Å²) in [4.78, 5) is 11.8. The standard InChI is InChI=1S/C16H26BrN3/c1-10-7-11(2)12(3)20(9-10)14-8-13(17)18-15(19-14)16(4,5)6/h8,10-12H,7,9H2,1-6H3. The second-order valence-electron chi connectivity index (χ2n) is 7.33. The van der Waals surface area contributed by atoms with Crippen LogP contribution in [0.15, 0.2) is 10.7 Å². The van der Waals surface area contributed by atoms with Crippen LogP contribution in [0, 0.1) is 11.8 Å². The first kappa shape index (κ1) is 15.7. The van der Waals surface area contributed by atoms with E-state index in [1.54, 1.807) is 0 Å². The molecule has 1 saturated heterocycles. The molecule has 0 radical (unpaired) electrons. The third-order valence-corrected chi connectivity index (χ3v) is 4.65. The fourth-order valence-corrected chi connectivity index (χ4v) is 3.28. The molecule has 0 saturated carbocycles. The molecule has 2 rings (SSSR count). The smallest absolute Gasteiger partial charge is 0.137 e. The highest BCUT2D eigenvalue weighted by Crippen LogP contribution is 2.32. The lowest BCUT2D eigenvalue weighted by Crippen LogP contribution is -2.46. The van der Waals surface area contributed by atoms with E-state index in [9.17, 15) is 0 Å². The Morgan fingerprint density at radius 3 is 2.45 bits per heavy atom. The summed E-state index contributed by atoms with van der Waals surface area (Å²) in [5, 5.41) is 0. The number of anilines is 1. The molecule has 1 aromatic heterocycles. The fraction of sp³-hybridized carbons (Fsp3) is 0.750. The van der Waals surface area contributed by atoms with Gasteiger partial charge in [0, 0.05) is 24.1 Å². The molecule has 1 aliphatic heterocycles. The van der Waals surface area contributed by atoms with Gasteiger partial charge in [-0.3, -0.25) is 0 Å². The van der Waals surface area contributed by atoms with E-state index in [2.05, 4.69) is 73.4 Å². The van der Waals surface area contributed by atoms with E-state index in [4.69, 9.17) is 4.98 Å². The van der Waals surface area contributed by atoms with E-state index in [0.29, 0.717) is 17.9 Å². The number of nitrogens with zero attached hydrogens (tertiary/aromatic N) is 3. The monoisotopic (exact) mass is 339 g/mol. The summed E-state index contributed by atoms with van der Waals surface area (Å²) in [5.41, 5.74) is -0.0329. The molecule has 20 heavy (non-hydrogen) atoms. The maximum atomic E-state index is 4.83. The van der Waals surface area contributed by atoms with Crippen molar-refractivity contribution < 1.29 is 0 Å². The summed E-state index contributed by atoms with van der Waals surface area (Å²) in [5.74, 6) is 3.38. The minimum Gasteiger partial charge on any atom is -0.353 e. The number of hydrogen-bond donors (Lipinski definition) is 0. The highest BCUT2D eigenvalue weighted by Gasteiger charge is 2.30. The average molecular weight is 340 g/mol. The number of aromatic nitrogens is 2. The molecule has 1 aliphatic rings. The van der Waals surface area contributed by atoms with Crippen molar-refractivity contribution >= 4 is 21.7 Å². The van der Waals surface area contributed by atoms with Gasteiger partial charge in [0.05, 0.1) is 0 Å². The molecule has 3 unspecified atom stereocenters. The lowest BCUT2D eigenvalue weighted by atomic mass is 9.86. The molecular formula is C16H26BrN3. The van der Waals surface area contributed by atoms with Crippen LogP contribution < -0.4 is 4.90 Å². The van der Waals surface area contributed by atoms with E-state index in [1.807, 2.05) is 0 Å². The Bertz CT molecular complexity index is 481. The van der Waals surface area contributed by atoms with E-state index in [1.165, 1.54) is 6.42 Å². The van der Waals surface area contributed by atoms with Gasteiger partial charge < -0.3 is 4.90 Å². The van der Waals surface area contributed by atoms with Gasteiger partial charge in [0.25, 0.3) is 0 Å². The molecule has 112 valence electrons. The third kappa shape index (κ3) is 3.33. The van der Waals surface area contributed by atoms with E-state index >= 15 is 0 Å². The molecule has 0 spiro atoms. The maximum Gasteiger partial charge on any atom is 0.137 e. The molecule has 2 heterocycles. The van der Waals surface area contributed by atoms with Gasteiger partial charge in [-0.1, -0.05) is 34.6 Å². The van der Waals surface area contributed by atoms with Gasteiger partial charge in [-0.05, 0) is 41.1 Å². The minimum absolute atomic E-state index is 0.0329. The van der Waals surface area contributed by atoms with Crippen molar-refractivity contribution in [1.29, 1.82) is 0 Å². The molecule has 1 fully saturated rings. The molecule has 4 heteroatoms. The molecule has 0 bridgehead atoms. The van der Waals surface area contributed by atoms with E-state index < -0.39 is 0 Å². The van der Waals surface area contributed by atoms with Crippen LogP contribution in [0.5, 0.6) is 0 Å². The molecule has 0 N–H and O–H groups in total. The van der Waals surface area contributed by atoms with E-state index in [0.717, 1.165) is 22.8 Å². The predicted octanol–water partition coefficient (Wildman–Crippen LogP) is 4.41. The predicted molar refractivity (Wildman–Crippen MR) is 88.2 cm³/mol. The summed E-state index contributed by atoms with van der Waals surface area (Å²) in [6.07, 6.45) is 1.30. The number of rotatable bonds is 1. The van der Waals surface area contributed by atoms with Gasteiger partial charge in [-0.15, -0.1) is 0 Å². The Hall–Kier alpha value is -0.640.